The molecule has 0 aromatic heterocycles. The molecular weight excluding hydrogens is 240 g/mol. The largest absolute Gasteiger partial charge is 0.460 e. The Bertz CT molecular complexity index is 453. The lowest BCUT2D eigenvalue weighted by Crippen LogP contribution is -2.40. The molecule has 0 N–H and O–H groups in total. The van der Waals surface area contributed by atoms with Crippen LogP contribution < -0.4 is 0 Å². The van der Waals surface area contributed by atoms with E-state index in [2.05, 4.69) is 17.0 Å². The maximum Gasteiger partial charge on any atom is 0.320 e. The Kier molecular flexibility index (Phi) is 4.93. The van der Waals surface area contributed by atoms with Crippen LogP contribution in [0.4, 0.5) is 0 Å². The van der Waals surface area contributed by atoms with Crippen LogP contribution in [0.2, 0.25) is 0 Å². The summed E-state index contributed by atoms with van der Waals surface area (Å²) in [5, 5.41) is 8.45. The third-order valence-corrected chi connectivity index (χ3v) is 3.23. The van der Waals surface area contributed by atoms with Gasteiger partial charge in [0, 0.05) is 13.1 Å². The first-order valence-corrected chi connectivity index (χ1v) is 6.60. The number of likely N-dealkylation sites (tertiary alicyclic amines) is 1. The molecule has 0 aliphatic carbocycles. The minimum absolute atomic E-state index is 0.0710. The Balaban J connectivity index is 1.84. The van der Waals surface area contributed by atoms with Gasteiger partial charge in [0.15, 0.2) is 0 Å². The molecule has 0 saturated carbocycles. The lowest BCUT2D eigenvalue weighted by Gasteiger charge is -2.32. The van der Waals surface area contributed by atoms with E-state index in [1.165, 1.54) is 5.56 Å². The number of ether oxygens (including phenoxy) is 1. The Labute approximate surface area is 113 Å². The monoisotopic (exact) mass is 258 g/mol. The fourth-order valence-electron chi connectivity index (χ4n) is 2.39. The Morgan fingerprint density at radius 1 is 1.42 bits per heavy atom. The quantitative estimate of drug-likeness (QED) is 0.776. The zero-order valence-corrected chi connectivity index (χ0v) is 10.9. The maximum absolute atomic E-state index is 11.3. The molecule has 1 saturated heterocycles. The molecule has 1 aliphatic heterocycles. The number of nitrogens with zero attached hydrogens (tertiary/aromatic N) is 2. The zero-order valence-electron chi connectivity index (χ0n) is 10.9. The van der Waals surface area contributed by atoms with Crippen molar-refractivity contribution >= 4 is 5.97 Å². The molecule has 1 aromatic carbocycles. The van der Waals surface area contributed by atoms with E-state index in [0.29, 0.717) is 0 Å². The molecule has 100 valence electrons. The first kappa shape index (κ1) is 13.6. The van der Waals surface area contributed by atoms with E-state index in [1.807, 2.05) is 24.3 Å². The van der Waals surface area contributed by atoms with Crippen LogP contribution in [-0.4, -0.2) is 30.1 Å². The molecule has 1 atom stereocenters. The summed E-state index contributed by atoms with van der Waals surface area (Å²) in [5.74, 6) is -0.408. The summed E-state index contributed by atoms with van der Waals surface area (Å²) in [6, 6.07) is 12.1. The highest BCUT2D eigenvalue weighted by Crippen LogP contribution is 2.16. The molecule has 19 heavy (non-hydrogen) atoms. The van der Waals surface area contributed by atoms with Gasteiger partial charge in [0.2, 0.25) is 0 Å². The molecule has 1 aromatic rings. The number of hydrogen-bond donors (Lipinski definition) is 0. The molecule has 1 heterocycles. The Hall–Kier alpha value is -1.86. The van der Waals surface area contributed by atoms with Gasteiger partial charge in [-0.05, 0) is 24.9 Å². The molecular formula is C15H18N2O2. The van der Waals surface area contributed by atoms with Gasteiger partial charge in [-0.15, -0.1) is 0 Å². The lowest BCUT2D eigenvalue weighted by molar-refractivity contribution is -0.150. The second-order valence-electron chi connectivity index (χ2n) is 4.81. The van der Waals surface area contributed by atoms with Crippen molar-refractivity contribution in [2.24, 2.45) is 0 Å². The van der Waals surface area contributed by atoms with Gasteiger partial charge < -0.3 is 4.74 Å². The van der Waals surface area contributed by atoms with E-state index < -0.39 is 5.97 Å². The second kappa shape index (κ2) is 6.91. The smallest absolute Gasteiger partial charge is 0.320 e. The van der Waals surface area contributed by atoms with Crippen LogP contribution >= 0.6 is 0 Å². The molecule has 1 aliphatic rings. The molecule has 0 radical (unpaired) electrons. The SMILES string of the molecule is N#CCC(=O)OC1CCCN(Cc2ccccc2)C1. The second-order valence-corrected chi connectivity index (χ2v) is 4.81. The van der Waals surface area contributed by atoms with Crippen molar-refractivity contribution in [3.8, 4) is 6.07 Å². The Morgan fingerprint density at radius 2 is 2.21 bits per heavy atom. The summed E-state index contributed by atoms with van der Waals surface area (Å²) in [5.41, 5.74) is 1.27. The van der Waals surface area contributed by atoms with Crippen molar-refractivity contribution in [2.45, 2.75) is 31.9 Å². The number of rotatable bonds is 4. The Morgan fingerprint density at radius 3 is 2.95 bits per heavy atom. The van der Waals surface area contributed by atoms with Crippen molar-refractivity contribution in [2.75, 3.05) is 13.1 Å². The number of carbonyl (C=O) groups is 1. The average Bonchev–Trinajstić information content (AvgIpc) is 2.40. The summed E-state index contributed by atoms with van der Waals surface area (Å²) >= 11 is 0. The topological polar surface area (TPSA) is 53.3 Å². The van der Waals surface area contributed by atoms with E-state index in [4.69, 9.17) is 10.00 Å². The molecule has 1 unspecified atom stereocenters. The van der Waals surface area contributed by atoms with Gasteiger partial charge >= 0.3 is 5.97 Å². The first-order valence-electron chi connectivity index (χ1n) is 6.60. The molecule has 1 fully saturated rings. The van der Waals surface area contributed by atoms with Gasteiger partial charge in [-0.25, -0.2) is 0 Å². The van der Waals surface area contributed by atoms with E-state index in [1.54, 1.807) is 0 Å². The van der Waals surface area contributed by atoms with Gasteiger partial charge in [0.25, 0.3) is 0 Å². The molecule has 0 amide bonds. The number of hydrogen-bond acceptors (Lipinski definition) is 4. The summed E-state index contributed by atoms with van der Waals surface area (Å²) in [6.45, 7) is 2.67. The van der Waals surface area contributed by atoms with Crippen molar-refractivity contribution in [1.82, 2.24) is 4.90 Å². The number of piperidine rings is 1. The molecule has 4 heteroatoms. The summed E-state index contributed by atoms with van der Waals surface area (Å²) in [6.07, 6.45) is 1.69. The van der Waals surface area contributed by atoms with Crippen LogP contribution in [0.25, 0.3) is 0 Å². The first-order chi connectivity index (χ1) is 9.28. The summed E-state index contributed by atoms with van der Waals surface area (Å²) in [7, 11) is 0. The van der Waals surface area contributed by atoms with Crippen LogP contribution in [0.5, 0.6) is 0 Å². The van der Waals surface area contributed by atoms with E-state index in [9.17, 15) is 4.79 Å². The van der Waals surface area contributed by atoms with Crippen molar-refractivity contribution in [3.05, 3.63) is 35.9 Å². The fourth-order valence-corrected chi connectivity index (χ4v) is 2.39. The molecule has 4 nitrogen and oxygen atoms in total. The predicted octanol–water partition coefficient (Wildman–Crippen LogP) is 2.11. The van der Waals surface area contributed by atoms with Crippen LogP contribution in [-0.2, 0) is 16.1 Å². The van der Waals surface area contributed by atoms with Gasteiger partial charge in [-0.2, -0.15) is 5.26 Å². The highest BCUT2D eigenvalue weighted by Gasteiger charge is 2.22. The van der Waals surface area contributed by atoms with Crippen LogP contribution in [0.1, 0.15) is 24.8 Å². The van der Waals surface area contributed by atoms with Crippen LogP contribution in [0, 0.1) is 11.3 Å². The third-order valence-electron chi connectivity index (χ3n) is 3.23. The minimum atomic E-state index is -0.408. The standard InChI is InChI=1S/C15H18N2O2/c16-9-8-15(18)19-14-7-4-10-17(12-14)11-13-5-2-1-3-6-13/h1-3,5-6,14H,4,7-8,10-12H2. The van der Waals surface area contributed by atoms with E-state index in [0.717, 1.165) is 32.5 Å². The summed E-state index contributed by atoms with van der Waals surface area (Å²) in [4.78, 5) is 13.6. The molecule has 0 spiro atoms. The van der Waals surface area contributed by atoms with E-state index >= 15 is 0 Å². The number of benzene rings is 1. The van der Waals surface area contributed by atoms with Crippen LogP contribution in [0.15, 0.2) is 30.3 Å². The minimum Gasteiger partial charge on any atom is -0.460 e. The fraction of sp³-hybridized carbons (Fsp3) is 0.467. The number of esters is 1. The lowest BCUT2D eigenvalue weighted by atomic mass is 10.1. The van der Waals surface area contributed by atoms with Gasteiger partial charge in [-0.1, -0.05) is 30.3 Å². The zero-order chi connectivity index (χ0) is 13.5. The average molecular weight is 258 g/mol. The van der Waals surface area contributed by atoms with Gasteiger partial charge in [0.1, 0.15) is 12.5 Å². The number of nitriles is 1. The van der Waals surface area contributed by atoms with Gasteiger partial charge in [-0.3, -0.25) is 9.69 Å². The maximum atomic E-state index is 11.3. The molecule has 2 rings (SSSR count). The molecule has 0 bridgehead atoms. The highest BCUT2D eigenvalue weighted by molar-refractivity contribution is 5.71. The third kappa shape index (κ3) is 4.38. The predicted molar refractivity (Wildman–Crippen MR) is 71.1 cm³/mol. The van der Waals surface area contributed by atoms with Crippen molar-refractivity contribution in [3.63, 3.8) is 0 Å². The van der Waals surface area contributed by atoms with Gasteiger partial charge in [0.05, 0.1) is 6.07 Å². The highest BCUT2D eigenvalue weighted by atomic mass is 16.5. The van der Waals surface area contributed by atoms with Crippen molar-refractivity contribution in [1.29, 1.82) is 5.26 Å². The van der Waals surface area contributed by atoms with Crippen LogP contribution in [0.3, 0.4) is 0 Å². The number of carbonyl (C=O) groups excluding carboxylic acids is 1. The van der Waals surface area contributed by atoms with E-state index in [-0.39, 0.29) is 12.5 Å². The normalized spacial score (nSPS) is 19.6. The van der Waals surface area contributed by atoms with Crippen molar-refractivity contribution < 1.29 is 9.53 Å². The summed E-state index contributed by atoms with van der Waals surface area (Å²) < 4.78 is 5.30.